The molecule has 100 valence electrons. The average Bonchev–Trinajstić information content (AvgIpc) is 3.01. The lowest BCUT2D eigenvalue weighted by atomic mass is 10.1. The highest BCUT2D eigenvalue weighted by Gasteiger charge is 2.35. The monoisotopic (exact) mass is 250 g/mol. The van der Waals surface area contributed by atoms with Gasteiger partial charge in [0.1, 0.15) is 5.76 Å². The van der Waals surface area contributed by atoms with E-state index in [4.69, 9.17) is 4.42 Å². The van der Waals surface area contributed by atoms with Crippen LogP contribution in [0.1, 0.15) is 25.0 Å². The first-order chi connectivity index (χ1) is 8.83. The molecule has 2 atom stereocenters. The first-order valence-corrected chi connectivity index (χ1v) is 7.00. The summed E-state index contributed by atoms with van der Waals surface area (Å²) in [5, 5.41) is 10.2. The van der Waals surface area contributed by atoms with Crippen LogP contribution in [0.3, 0.4) is 0 Å². The number of hydrogen-bond donors (Lipinski definition) is 1. The molecular weight excluding hydrogens is 228 g/mol. The molecule has 3 heterocycles. The van der Waals surface area contributed by atoms with Crippen LogP contribution in [-0.4, -0.2) is 53.2 Å². The van der Waals surface area contributed by atoms with Gasteiger partial charge in [0.2, 0.25) is 0 Å². The number of rotatable bonds is 3. The van der Waals surface area contributed by atoms with Gasteiger partial charge in [-0.25, -0.2) is 0 Å². The molecule has 0 aliphatic carbocycles. The van der Waals surface area contributed by atoms with Crippen LogP contribution >= 0.6 is 0 Å². The van der Waals surface area contributed by atoms with Crippen molar-refractivity contribution in [3.63, 3.8) is 0 Å². The van der Waals surface area contributed by atoms with E-state index in [9.17, 15) is 5.11 Å². The summed E-state index contributed by atoms with van der Waals surface area (Å²) in [5.41, 5.74) is 0. The number of β-amino-alcohol motifs (C(OH)–C–C–N with tert-alkyl or cyclic N) is 1. The summed E-state index contributed by atoms with van der Waals surface area (Å²) in [6.07, 6.45) is 5.40. The number of hydrogen-bond acceptors (Lipinski definition) is 4. The predicted molar refractivity (Wildman–Crippen MR) is 69.2 cm³/mol. The molecule has 0 saturated carbocycles. The molecule has 0 amide bonds. The largest absolute Gasteiger partial charge is 0.468 e. The van der Waals surface area contributed by atoms with Crippen molar-refractivity contribution >= 4 is 0 Å². The van der Waals surface area contributed by atoms with E-state index in [1.54, 1.807) is 6.26 Å². The van der Waals surface area contributed by atoms with Gasteiger partial charge in [-0.3, -0.25) is 9.80 Å². The van der Waals surface area contributed by atoms with Crippen molar-refractivity contribution in [1.29, 1.82) is 0 Å². The summed E-state index contributed by atoms with van der Waals surface area (Å²) < 4.78 is 5.37. The van der Waals surface area contributed by atoms with Gasteiger partial charge in [0, 0.05) is 19.1 Å². The maximum atomic E-state index is 10.2. The van der Waals surface area contributed by atoms with Crippen LogP contribution in [0.5, 0.6) is 0 Å². The fourth-order valence-electron chi connectivity index (χ4n) is 3.21. The zero-order chi connectivity index (χ0) is 12.4. The average molecular weight is 250 g/mol. The van der Waals surface area contributed by atoms with E-state index in [2.05, 4.69) is 9.80 Å². The van der Waals surface area contributed by atoms with Crippen LogP contribution in [-0.2, 0) is 6.54 Å². The summed E-state index contributed by atoms with van der Waals surface area (Å²) in [5.74, 6) is 0.987. The molecule has 3 rings (SSSR count). The summed E-state index contributed by atoms with van der Waals surface area (Å²) in [4.78, 5) is 4.76. The molecule has 0 spiro atoms. The molecule has 0 unspecified atom stereocenters. The van der Waals surface area contributed by atoms with Crippen LogP contribution in [0, 0.1) is 0 Å². The summed E-state index contributed by atoms with van der Waals surface area (Å²) in [6.45, 7) is 4.84. The SMILES string of the molecule is O[C@H]1CN(Cc2ccco2)C[C@@H]1N1CCCCC1. The molecule has 1 aromatic rings. The normalized spacial score (nSPS) is 30.9. The number of aliphatic hydroxyl groups is 1. The Labute approximate surface area is 108 Å². The van der Waals surface area contributed by atoms with Gasteiger partial charge in [-0.05, 0) is 38.1 Å². The molecule has 0 radical (unpaired) electrons. The molecule has 2 aliphatic heterocycles. The predicted octanol–water partition coefficient (Wildman–Crippen LogP) is 1.31. The molecule has 0 bridgehead atoms. The Balaban J connectivity index is 1.57. The lowest BCUT2D eigenvalue weighted by Gasteiger charge is -2.33. The third-order valence-electron chi connectivity index (χ3n) is 4.15. The molecule has 4 nitrogen and oxygen atoms in total. The second-order valence-corrected chi connectivity index (χ2v) is 5.50. The Morgan fingerprint density at radius 2 is 2.06 bits per heavy atom. The second-order valence-electron chi connectivity index (χ2n) is 5.50. The Morgan fingerprint density at radius 1 is 1.22 bits per heavy atom. The Bertz CT molecular complexity index is 360. The molecule has 0 aromatic carbocycles. The topological polar surface area (TPSA) is 39.9 Å². The van der Waals surface area contributed by atoms with Crippen LogP contribution in [0.2, 0.25) is 0 Å². The zero-order valence-corrected chi connectivity index (χ0v) is 10.8. The Morgan fingerprint density at radius 3 is 2.78 bits per heavy atom. The van der Waals surface area contributed by atoms with Crippen molar-refractivity contribution in [2.75, 3.05) is 26.2 Å². The van der Waals surface area contributed by atoms with Crippen molar-refractivity contribution in [3.8, 4) is 0 Å². The van der Waals surface area contributed by atoms with Crippen molar-refractivity contribution in [2.24, 2.45) is 0 Å². The highest BCUT2D eigenvalue weighted by molar-refractivity contribution is 5.00. The number of likely N-dealkylation sites (tertiary alicyclic amines) is 2. The molecular formula is C14H22N2O2. The summed E-state index contributed by atoms with van der Waals surface area (Å²) >= 11 is 0. The lowest BCUT2D eigenvalue weighted by Crippen LogP contribution is -2.45. The van der Waals surface area contributed by atoms with E-state index in [0.29, 0.717) is 6.04 Å². The van der Waals surface area contributed by atoms with E-state index in [0.717, 1.165) is 38.5 Å². The van der Waals surface area contributed by atoms with Gasteiger partial charge in [0.25, 0.3) is 0 Å². The number of piperidine rings is 1. The van der Waals surface area contributed by atoms with Gasteiger partial charge >= 0.3 is 0 Å². The van der Waals surface area contributed by atoms with Crippen LogP contribution in [0.25, 0.3) is 0 Å². The lowest BCUT2D eigenvalue weighted by molar-refractivity contribution is 0.0706. The van der Waals surface area contributed by atoms with Crippen LogP contribution < -0.4 is 0 Å². The third-order valence-corrected chi connectivity index (χ3v) is 4.15. The van der Waals surface area contributed by atoms with E-state index in [1.165, 1.54) is 19.3 Å². The van der Waals surface area contributed by atoms with Gasteiger partial charge in [0.05, 0.1) is 18.9 Å². The van der Waals surface area contributed by atoms with E-state index in [1.807, 2.05) is 12.1 Å². The third kappa shape index (κ3) is 2.60. The van der Waals surface area contributed by atoms with Crippen molar-refractivity contribution < 1.29 is 9.52 Å². The van der Waals surface area contributed by atoms with E-state index in [-0.39, 0.29) is 6.10 Å². The van der Waals surface area contributed by atoms with Crippen molar-refractivity contribution in [1.82, 2.24) is 9.80 Å². The van der Waals surface area contributed by atoms with Gasteiger partial charge < -0.3 is 9.52 Å². The summed E-state index contributed by atoms with van der Waals surface area (Å²) in [7, 11) is 0. The first kappa shape index (κ1) is 12.2. The number of furan rings is 1. The quantitative estimate of drug-likeness (QED) is 0.878. The molecule has 2 fully saturated rings. The second kappa shape index (κ2) is 5.43. The smallest absolute Gasteiger partial charge is 0.117 e. The van der Waals surface area contributed by atoms with Crippen molar-refractivity contribution in [2.45, 2.75) is 38.0 Å². The maximum absolute atomic E-state index is 10.2. The van der Waals surface area contributed by atoms with Crippen LogP contribution in [0.15, 0.2) is 22.8 Å². The highest BCUT2D eigenvalue weighted by atomic mass is 16.3. The van der Waals surface area contributed by atoms with Gasteiger partial charge in [0.15, 0.2) is 0 Å². The van der Waals surface area contributed by atoms with E-state index >= 15 is 0 Å². The van der Waals surface area contributed by atoms with Crippen LogP contribution in [0.4, 0.5) is 0 Å². The molecule has 1 N–H and O–H groups in total. The minimum Gasteiger partial charge on any atom is -0.468 e. The Kier molecular flexibility index (Phi) is 3.68. The fraction of sp³-hybridized carbons (Fsp3) is 0.714. The summed E-state index contributed by atoms with van der Waals surface area (Å²) in [6, 6.07) is 4.24. The number of nitrogens with zero attached hydrogens (tertiary/aromatic N) is 2. The van der Waals surface area contributed by atoms with Crippen molar-refractivity contribution in [3.05, 3.63) is 24.2 Å². The highest BCUT2D eigenvalue weighted by Crippen LogP contribution is 2.22. The maximum Gasteiger partial charge on any atom is 0.117 e. The van der Waals surface area contributed by atoms with Gasteiger partial charge in [-0.1, -0.05) is 6.42 Å². The molecule has 1 aromatic heterocycles. The van der Waals surface area contributed by atoms with E-state index < -0.39 is 0 Å². The van der Waals surface area contributed by atoms with Gasteiger partial charge in [-0.15, -0.1) is 0 Å². The first-order valence-electron chi connectivity index (χ1n) is 7.00. The Hall–Kier alpha value is -0.840. The minimum atomic E-state index is -0.210. The number of aliphatic hydroxyl groups excluding tert-OH is 1. The molecule has 4 heteroatoms. The standard InChI is InChI=1S/C14H22N2O2/c17-14-11-15(9-12-5-4-8-18-12)10-13(14)16-6-2-1-3-7-16/h4-5,8,13-14,17H,1-3,6-7,9-11H2/t13-,14-/m0/s1. The fourth-order valence-corrected chi connectivity index (χ4v) is 3.21. The molecule has 2 saturated heterocycles. The minimum absolute atomic E-state index is 0.210. The molecule has 18 heavy (non-hydrogen) atoms. The van der Waals surface area contributed by atoms with Gasteiger partial charge in [-0.2, -0.15) is 0 Å². The zero-order valence-electron chi connectivity index (χ0n) is 10.8. The molecule has 2 aliphatic rings.